The van der Waals surface area contributed by atoms with Gasteiger partial charge in [0.2, 0.25) is 5.91 Å². The molecule has 0 spiro atoms. The largest absolute Gasteiger partial charge is 0.343 e. The molecule has 1 aromatic heterocycles. The summed E-state index contributed by atoms with van der Waals surface area (Å²) in [6.07, 6.45) is 8.51. The smallest absolute Gasteiger partial charge is 0.329 e. The maximum atomic E-state index is 12.8. The van der Waals surface area contributed by atoms with Crippen LogP contribution in [0.5, 0.6) is 0 Å². The molecule has 1 heterocycles. The van der Waals surface area contributed by atoms with Crippen molar-refractivity contribution in [2.75, 3.05) is 7.05 Å². The molecule has 2 aromatic rings. The molecule has 0 radical (unpaired) electrons. The standard InChI is InChI=1S/C21H31N3O2/c1-3-15-23-18-12-8-9-13-19(18)24(21(23)26)16-14-20(25)22(2)17-10-6-4-5-7-11-17/h8-9,12-13,17H,3-7,10-11,14-16H2,1-2H3. The van der Waals surface area contributed by atoms with E-state index in [0.717, 1.165) is 30.3 Å². The number of imidazole rings is 1. The maximum Gasteiger partial charge on any atom is 0.329 e. The van der Waals surface area contributed by atoms with Gasteiger partial charge in [-0.15, -0.1) is 0 Å². The average Bonchev–Trinajstić information content (AvgIpc) is 2.84. The summed E-state index contributed by atoms with van der Waals surface area (Å²) in [7, 11) is 1.93. The van der Waals surface area contributed by atoms with Crippen molar-refractivity contribution in [1.82, 2.24) is 14.0 Å². The zero-order valence-corrected chi connectivity index (χ0v) is 16.1. The summed E-state index contributed by atoms with van der Waals surface area (Å²) in [5.41, 5.74) is 1.89. The van der Waals surface area contributed by atoms with Crippen molar-refractivity contribution in [2.24, 2.45) is 0 Å². The van der Waals surface area contributed by atoms with E-state index < -0.39 is 0 Å². The molecule has 142 valence electrons. The molecule has 0 atom stereocenters. The predicted octanol–water partition coefficient (Wildman–Crippen LogP) is 3.78. The molecule has 0 aliphatic heterocycles. The van der Waals surface area contributed by atoms with Crippen LogP contribution in [0.4, 0.5) is 0 Å². The highest BCUT2D eigenvalue weighted by Crippen LogP contribution is 2.22. The Balaban J connectivity index is 1.74. The monoisotopic (exact) mass is 357 g/mol. The van der Waals surface area contributed by atoms with Crippen LogP contribution in [0.1, 0.15) is 58.3 Å². The van der Waals surface area contributed by atoms with Crippen molar-refractivity contribution in [3.8, 4) is 0 Å². The third kappa shape index (κ3) is 3.87. The summed E-state index contributed by atoms with van der Waals surface area (Å²) in [5, 5.41) is 0. The Kier molecular flexibility index (Phi) is 6.17. The third-order valence-electron chi connectivity index (χ3n) is 5.69. The number of benzene rings is 1. The second kappa shape index (κ2) is 8.56. The molecule has 5 heteroatoms. The van der Waals surface area contributed by atoms with Crippen LogP contribution in [0, 0.1) is 0 Å². The Bertz CT molecular complexity index is 797. The van der Waals surface area contributed by atoms with Gasteiger partial charge in [-0.05, 0) is 31.4 Å². The van der Waals surface area contributed by atoms with E-state index in [-0.39, 0.29) is 11.6 Å². The van der Waals surface area contributed by atoms with Crippen molar-refractivity contribution >= 4 is 16.9 Å². The van der Waals surface area contributed by atoms with E-state index in [9.17, 15) is 9.59 Å². The molecule has 0 unspecified atom stereocenters. The van der Waals surface area contributed by atoms with Crippen LogP contribution in [-0.4, -0.2) is 33.0 Å². The van der Waals surface area contributed by atoms with Gasteiger partial charge in [0.05, 0.1) is 11.0 Å². The number of para-hydroxylation sites is 2. The maximum absolute atomic E-state index is 12.8. The summed E-state index contributed by atoms with van der Waals surface area (Å²) in [5.74, 6) is 0.149. The molecular weight excluding hydrogens is 326 g/mol. The van der Waals surface area contributed by atoms with Gasteiger partial charge in [-0.2, -0.15) is 0 Å². The van der Waals surface area contributed by atoms with E-state index in [1.807, 2.05) is 40.8 Å². The van der Waals surface area contributed by atoms with Crippen molar-refractivity contribution in [3.05, 3.63) is 34.7 Å². The number of hydrogen-bond acceptors (Lipinski definition) is 2. The minimum absolute atomic E-state index is 0.00188. The number of rotatable bonds is 6. The number of nitrogens with zero attached hydrogens (tertiary/aromatic N) is 3. The average molecular weight is 357 g/mol. The van der Waals surface area contributed by atoms with Gasteiger partial charge in [0.1, 0.15) is 0 Å². The van der Waals surface area contributed by atoms with Gasteiger partial charge < -0.3 is 4.90 Å². The normalized spacial score (nSPS) is 15.9. The number of fused-ring (bicyclic) bond motifs is 1. The Morgan fingerprint density at radius 2 is 1.62 bits per heavy atom. The van der Waals surface area contributed by atoms with Gasteiger partial charge in [0, 0.05) is 32.6 Å². The summed E-state index contributed by atoms with van der Waals surface area (Å²) in [6, 6.07) is 8.24. The van der Waals surface area contributed by atoms with E-state index in [2.05, 4.69) is 6.92 Å². The van der Waals surface area contributed by atoms with Crippen LogP contribution in [0.25, 0.3) is 11.0 Å². The summed E-state index contributed by atoms with van der Waals surface area (Å²) < 4.78 is 3.60. The fourth-order valence-electron chi connectivity index (χ4n) is 4.16. The first-order chi connectivity index (χ1) is 12.6. The number of carbonyl (C=O) groups is 1. The van der Waals surface area contributed by atoms with E-state index >= 15 is 0 Å². The summed E-state index contributed by atoms with van der Waals surface area (Å²) in [4.78, 5) is 27.5. The second-order valence-electron chi connectivity index (χ2n) is 7.47. The van der Waals surface area contributed by atoms with Crippen LogP contribution >= 0.6 is 0 Å². The lowest BCUT2D eigenvalue weighted by atomic mass is 10.1. The lowest BCUT2D eigenvalue weighted by molar-refractivity contribution is -0.132. The lowest BCUT2D eigenvalue weighted by Gasteiger charge is -2.27. The predicted molar refractivity (Wildman–Crippen MR) is 105 cm³/mol. The number of hydrogen-bond donors (Lipinski definition) is 0. The van der Waals surface area contributed by atoms with Crippen molar-refractivity contribution in [2.45, 2.75) is 77.4 Å². The molecule has 1 aromatic carbocycles. The van der Waals surface area contributed by atoms with E-state index in [1.54, 1.807) is 4.57 Å². The zero-order chi connectivity index (χ0) is 18.5. The molecule has 5 nitrogen and oxygen atoms in total. The van der Waals surface area contributed by atoms with Crippen LogP contribution in [0.15, 0.2) is 29.1 Å². The Morgan fingerprint density at radius 3 is 2.19 bits per heavy atom. The minimum Gasteiger partial charge on any atom is -0.343 e. The van der Waals surface area contributed by atoms with Crippen molar-refractivity contribution < 1.29 is 4.79 Å². The zero-order valence-electron chi connectivity index (χ0n) is 16.1. The van der Waals surface area contributed by atoms with Gasteiger partial charge in [-0.1, -0.05) is 44.7 Å². The van der Waals surface area contributed by atoms with Crippen LogP contribution in [0.2, 0.25) is 0 Å². The Labute approximate surface area is 155 Å². The molecule has 1 aliphatic carbocycles. The lowest BCUT2D eigenvalue weighted by Crippen LogP contribution is -2.37. The number of carbonyl (C=O) groups excluding carboxylic acids is 1. The van der Waals surface area contributed by atoms with Crippen LogP contribution in [-0.2, 0) is 17.9 Å². The molecule has 0 saturated heterocycles. The molecular formula is C21H31N3O2. The highest BCUT2D eigenvalue weighted by molar-refractivity contribution is 5.78. The second-order valence-corrected chi connectivity index (χ2v) is 7.47. The van der Waals surface area contributed by atoms with E-state index in [1.165, 1.54) is 25.7 Å². The van der Waals surface area contributed by atoms with Gasteiger partial charge >= 0.3 is 5.69 Å². The SMILES string of the molecule is CCCn1c(=O)n(CCC(=O)N(C)C2CCCCCC2)c2ccccc21. The first-order valence-electron chi connectivity index (χ1n) is 10.1. The molecule has 1 aliphatic rings. The van der Waals surface area contributed by atoms with Gasteiger partial charge in [0.15, 0.2) is 0 Å². The van der Waals surface area contributed by atoms with Gasteiger partial charge in [-0.25, -0.2) is 4.79 Å². The number of aromatic nitrogens is 2. The minimum atomic E-state index is -0.00188. The van der Waals surface area contributed by atoms with Crippen LogP contribution < -0.4 is 5.69 Å². The number of aryl methyl sites for hydroxylation is 2. The molecule has 0 bridgehead atoms. The summed E-state index contributed by atoms with van der Waals surface area (Å²) >= 11 is 0. The van der Waals surface area contributed by atoms with Crippen molar-refractivity contribution in [3.63, 3.8) is 0 Å². The quantitative estimate of drug-likeness (QED) is 0.739. The Hall–Kier alpha value is -2.04. The molecule has 1 saturated carbocycles. The highest BCUT2D eigenvalue weighted by atomic mass is 16.2. The van der Waals surface area contributed by atoms with Crippen LogP contribution in [0.3, 0.4) is 0 Å². The highest BCUT2D eigenvalue weighted by Gasteiger charge is 2.21. The first kappa shape index (κ1) is 18.7. The molecule has 0 N–H and O–H groups in total. The third-order valence-corrected chi connectivity index (χ3v) is 5.69. The first-order valence-corrected chi connectivity index (χ1v) is 10.1. The molecule has 1 amide bonds. The molecule has 26 heavy (non-hydrogen) atoms. The van der Waals surface area contributed by atoms with Crippen molar-refractivity contribution in [1.29, 1.82) is 0 Å². The fraction of sp³-hybridized carbons (Fsp3) is 0.619. The van der Waals surface area contributed by atoms with Gasteiger partial charge in [-0.3, -0.25) is 13.9 Å². The summed E-state index contributed by atoms with van der Waals surface area (Å²) in [6.45, 7) is 3.23. The topological polar surface area (TPSA) is 47.2 Å². The van der Waals surface area contributed by atoms with E-state index in [4.69, 9.17) is 0 Å². The fourth-order valence-corrected chi connectivity index (χ4v) is 4.16. The number of amides is 1. The van der Waals surface area contributed by atoms with Gasteiger partial charge in [0.25, 0.3) is 0 Å². The Morgan fingerprint density at radius 1 is 1.04 bits per heavy atom. The molecule has 3 rings (SSSR count). The molecule has 1 fully saturated rings. The van der Waals surface area contributed by atoms with E-state index in [0.29, 0.717) is 25.6 Å².